The van der Waals surface area contributed by atoms with Crippen molar-refractivity contribution in [3.63, 3.8) is 0 Å². The Labute approximate surface area is 140 Å². The van der Waals surface area contributed by atoms with E-state index in [-0.39, 0.29) is 5.91 Å². The molecule has 122 valence electrons. The fraction of sp³-hybridized carbons (Fsp3) is 0.0625. The first-order valence-corrected chi connectivity index (χ1v) is 7.67. The molecular formula is C16H11F2N3O2S. The molecule has 2 aromatic heterocycles. The van der Waals surface area contributed by atoms with Crippen LogP contribution >= 0.6 is 11.3 Å². The number of halogens is 2. The molecule has 0 saturated heterocycles. The Balaban J connectivity index is 1.75. The fourth-order valence-electron chi connectivity index (χ4n) is 1.92. The molecule has 3 aromatic rings. The van der Waals surface area contributed by atoms with E-state index in [2.05, 4.69) is 15.3 Å². The number of methoxy groups -OCH3 is 1. The number of nitrogens with one attached hydrogen (secondary N) is 1. The second-order valence-corrected chi connectivity index (χ2v) is 5.57. The van der Waals surface area contributed by atoms with Crippen LogP contribution in [0.15, 0.2) is 41.9 Å². The average Bonchev–Trinajstić information content (AvgIpc) is 3.06. The summed E-state index contributed by atoms with van der Waals surface area (Å²) in [6.07, 6.45) is 1.39. The van der Waals surface area contributed by atoms with Gasteiger partial charge in [0.05, 0.1) is 18.4 Å². The normalized spacial score (nSPS) is 10.5. The van der Waals surface area contributed by atoms with Crippen molar-refractivity contribution in [2.45, 2.75) is 0 Å². The van der Waals surface area contributed by atoms with Crippen molar-refractivity contribution in [3.05, 3.63) is 59.1 Å². The highest BCUT2D eigenvalue weighted by Crippen LogP contribution is 2.26. The SMILES string of the molecule is COc1ccc(C(=O)Nc2nc(-c3ccc(F)c(F)c3)cs2)cn1. The second kappa shape index (κ2) is 6.71. The summed E-state index contributed by atoms with van der Waals surface area (Å²) >= 11 is 1.18. The van der Waals surface area contributed by atoms with Crippen LogP contribution in [0.2, 0.25) is 0 Å². The number of carbonyl (C=O) groups excluding carboxylic acids is 1. The van der Waals surface area contributed by atoms with Crippen molar-refractivity contribution in [2.75, 3.05) is 12.4 Å². The Bertz CT molecular complexity index is 881. The van der Waals surface area contributed by atoms with Crippen LogP contribution < -0.4 is 10.1 Å². The molecule has 0 saturated carbocycles. The highest BCUT2D eigenvalue weighted by Gasteiger charge is 2.12. The van der Waals surface area contributed by atoms with Crippen LogP contribution in [0.5, 0.6) is 5.88 Å². The molecule has 0 radical (unpaired) electrons. The van der Waals surface area contributed by atoms with E-state index in [1.165, 1.54) is 30.7 Å². The summed E-state index contributed by atoms with van der Waals surface area (Å²) in [5, 5.41) is 4.62. The summed E-state index contributed by atoms with van der Waals surface area (Å²) in [4.78, 5) is 20.3. The monoisotopic (exact) mass is 347 g/mol. The van der Waals surface area contributed by atoms with E-state index >= 15 is 0 Å². The number of hydrogen-bond acceptors (Lipinski definition) is 5. The van der Waals surface area contributed by atoms with Gasteiger partial charge in [0.2, 0.25) is 5.88 Å². The van der Waals surface area contributed by atoms with Crippen LogP contribution in [-0.4, -0.2) is 23.0 Å². The zero-order valence-corrected chi connectivity index (χ0v) is 13.2. The van der Waals surface area contributed by atoms with Gasteiger partial charge < -0.3 is 4.74 Å². The lowest BCUT2D eigenvalue weighted by Gasteiger charge is -2.02. The molecule has 0 spiro atoms. The van der Waals surface area contributed by atoms with Crippen LogP contribution in [0, 0.1) is 11.6 Å². The fourth-order valence-corrected chi connectivity index (χ4v) is 2.64. The smallest absolute Gasteiger partial charge is 0.259 e. The number of hydrogen-bond donors (Lipinski definition) is 1. The van der Waals surface area contributed by atoms with Gasteiger partial charge in [-0.05, 0) is 24.3 Å². The Morgan fingerprint density at radius 1 is 1.21 bits per heavy atom. The number of anilines is 1. The van der Waals surface area contributed by atoms with Gasteiger partial charge in [0.25, 0.3) is 5.91 Å². The molecule has 1 aromatic carbocycles. The maximum atomic E-state index is 13.3. The predicted molar refractivity (Wildman–Crippen MR) is 86.2 cm³/mol. The summed E-state index contributed by atoms with van der Waals surface area (Å²) in [6.45, 7) is 0. The van der Waals surface area contributed by atoms with Gasteiger partial charge in [-0.1, -0.05) is 0 Å². The van der Waals surface area contributed by atoms with Crippen LogP contribution in [0.1, 0.15) is 10.4 Å². The Kier molecular flexibility index (Phi) is 4.48. The van der Waals surface area contributed by atoms with Crippen molar-refractivity contribution in [1.29, 1.82) is 0 Å². The zero-order valence-electron chi connectivity index (χ0n) is 12.4. The lowest BCUT2D eigenvalue weighted by Crippen LogP contribution is -2.12. The summed E-state index contributed by atoms with van der Waals surface area (Å²) in [5.41, 5.74) is 1.22. The molecule has 0 bridgehead atoms. The van der Waals surface area contributed by atoms with E-state index in [9.17, 15) is 13.6 Å². The predicted octanol–water partition coefficient (Wildman–Crippen LogP) is 3.74. The van der Waals surface area contributed by atoms with E-state index in [1.54, 1.807) is 17.5 Å². The lowest BCUT2D eigenvalue weighted by atomic mass is 10.2. The Morgan fingerprint density at radius 2 is 2.04 bits per heavy atom. The van der Waals surface area contributed by atoms with E-state index < -0.39 is 11.6 Å². The van der Waals surface area contributed by atoms with Gasteiger partial charge in [0.15, 0.2) is 16.8 Å². The molecule has 2 heterocycles. The second-order valence-electron chi connectivity index (χ2n) is 4.71. The van der Waals surface area contributed by atoms with Gasteiger partial charge in [-0.2, -0.15) is 0 Å². The zero-order chi connectivity index (χ0) is 17.1. The number of pyridine rings is 1. The first-order valence-electron chi connectivity index (χ1n) is 6.79. The van der Waals surface area contributed by atoms with Gasteiger partial charge in [0, 0.05) is 23.2 Å². The summed E-state index contributed by atoms with van der Waals surface area (Å²) in [7, 11) is 1.48. The van der Waals surface area contributed by atoms with Crippen molar-refractivity contribution < 1.29 is 18.3 Å². The third-order valence-corrected chi connectivity index (χ3v) is 3.91. The van der Waals surface area contributed by atoms with E-state index in [0.717, 1.165) is 12.1 Å². The maximum Gasteiger partial charge on any atom is 0.259 e. The molecule has 0 aliphatic rings. The number of thiazole rings is 1. The van der Waals surface area contributed by atoms with E-state index in [1.807, 2.05) is 0 Å². The van der Waals surface area contributed by atoms with E-state index in [0.29, 0.717) is 27.8 Å². The van der Waals surface area contributed by atoms with Crippen molar-refractivity contribution >= 4 is 22.4 Å². The minimum Gasteiger partial charge on any atom is -0.481 e. The number of carbonyl (C=O) groups is 1. The topological polar surface area (TPSA) is 64.1 Å². The molecule has 0 atom stereocenters. The van der Waals surface area contributed by atoms with Crippen molar-refractivity contribution in [3.8, 4) is 17.1 Å². The minimum atomic E-state index is -0.949. The molecule has 0 aliphatic carbocycles. The van der Waals surface area contributed by atoms with Gasteiger partial charge in [-0.25, -0.2) is 18.7 Å². The van der Waals surface area contributed by atoms with Gasteiger partial charge in [-0.15, -0.1) is 11.3 Å². The summed E-state index contributed by atoms with van der Waals surface area (Å²) < 4.78 is 31.2. The Morgan fingerprint density at radius 3 is 2.71 bits per heavy atom. The quantitative estimate of drug-likeness (QED) is 0.781. The molecule has 24 heavy (non-hydrogen) atoms. The highest BCUT2D eigenvalue weighted by atomic mass is 32.1. The van der Waals surface area contributed by atoms with Gasteiger partial charge >= 0.3 is 0 Å². The molecule has 0 aliphatic heterocycles. The van der Waals surface area contributed by atoms with Gasteiger partial charge in [-0.3, -0.25) is 10.1 Å². The maximum absolute atomic E-state index is 13.3. The summed E-state index contributed by atoms with van der Waals surface area (Å²) in [5.74, 6) is -1.84. The molecule has 8 heteroatoms. The minimum absolute atomic E-state index is 0.343. The molecule has 0 fully saturated rings. The van der Waals surface area contributed by atoms with Crippen LogP contribution in [0.4, 0.5) is 13.9 Å². The van der Waals surface area contributed by atoms with Crippen LogP contribution in [0.3, 0.4) is 0 Å². The van der Waals surface area contributed by atoms with Crippen molar-refractivity contribution in [2.24, 2.45) is 0 Å². The molecule has 1 amide bonds. The Hall–Kier alpha value is -2.87. The molecule has 1 N–H and O–H groups in total. The number of amides is 1. The molecule has 0 unspecified atom stereocenters. The molecule has 3 rings (SSSR count). The lowest BCUT2D eigenvalue weighted by molar-refractivity contribution is 0.102. The molecular weight excluding hydrogens is 336 g/mol. The number of ether oxygens (including phenoxy) is 1. The van der Waals surface area contributed by atoms with Gasteiger partial charge in [0.1, 0.15) is 0 Å². The number of nitrogens with zero attached hydrogens (tertiary/aromatic N) is 2. The first kappa shape index (κ1) is 16.0. The third-order valence-electron chi connectivity index (χ3n) is 3.15. The first-order chi connectivity index (χ1) is 11.6. The van der Waals surface area contributed by atoms with E-state index in [4.69, 9.17) is 4.74 Å². The van der Waals surface area contributed by atoms with Crippen LogP contribution in [-0.2, 0) is 0 Å². The molecule has 5 nitrogen and oxygen atoms in total. The van der Waals surface area contributed by atoms with Crippen molar-refractivity contribution in [1.82, 2.24) is 9.97 Å². The van der Waals surface area contributed by atoms with Crippen LogP contribution in [0.25, 0.3) is 11.3 Å². The average molecular weight is 347 g/mol. The number of benzene rings is 1. The number of aromatic nitrogens is 2. The third kappa shape index (κ3) is 3.38. The largest absolute Gasteiger partial charge is 0.481 e. The highest BCUT2D eigenvalue weighted by molar-refractivity contribution is 7.14. The standard InChI is InChI=1S/C16H11F2N3O2S/c1-23-14-5-3-10(7-19-14)15(22)21-16-20-13(8-24-16)9-2-4-11(17)12(18)6-9/h2-8H,1H3,(H,20,21,22). The number of rotatable bonds is 4. The summed E-state index contributed by atoms with van der Waals surface area (Å²) in [6, 6.07) is 6.66.